The van der Waals surface area contributed by atoms with Crippen molar-refractivity contribution in [3.8, 4) is 22.9 Å². The predicted molar refractivity (Wildman–Crippen MR) is 99.9 cm³/mol. The minimum absolute atomic E-state index is 0.0499. The molecular formula is C18H16N2O3S2. The molecule has 0 aliphatic heterocycles. The second-order valence-corrected chi connectivity index (χ2v) is 7.03. The van der Waals surface area contributed by atoms with Gasteiger partial charge in [-0.05, 0) is 60.1 Å². The van der Waals surface area contributed by atoms with Crippen molar-refractivity contribution in [2.45, 2.75) is 4.34 Å². The number of aromatic nitrogens is 2. The Bertz CT molecular complexity index is 846. The number of hydrogen-bond acceptors (Lipinski definition) is 7. The second-order valence-electron chi connectivity index (χ2n) is 5.05. The molecule has 25 heavy (non-hydrogen) atoms. The Morgan fingerprint density at radius 3 is 2.20 bits per heavy atom. The van der Waals surface area contributed by atoms with Crippen molar-refractivity contribution in [3.63, 3.8) is 0 Å². The molecule has 0 aliphatic carbocycles. The molecule has 7 heteroatoms. The Labute approximate surface area is 154 Å². The van der Waals surface area contributed by atoms with Gasteiger partial charge in [-0.25, -0.2) is 4.98 Å². The molecule has 0 bridgehead atoms. The van der Waals surface area contributed by atoms with Crippen LogP contribution in [0.1, 0.15) is 10.4 Å². The molecular weight excluding hydrogens is 356 g/mol. The van der Waals surface area contributed by atoms with E-state index in [0.717, 1.165) is 21.4 Å². The van der Waals surface area contributed by atoms with E-state index < -0.39 is 0 Å². The van der Waals surface area contributed by atoms with Crippen LogP contribution in [-0.4, -0.2) is 35.1 Å². The van der Waals surface area contributed by atoms with Gasteiger partial charge in [0.2, 0.25) is 0 Å². The Kier molecular flexibility index (Phi) is 5.67. The molecule has 5 nitrogen and oxygen atoms in total. The maximum atomic E-state index is 12.2. The summed E-state index contributed by atoms with van der Waals surface area (Å²) in [6, 6.07) is 14.7. The quantitative estimate of drug-likeness (QED) is 0.458. The van der Waals surface area contributed by atoms with Gasteiger partial charge >= 0.3 is 0 Å². The molecule has 0 N–H and O–H groups in total. The van der Waals surface area contributed by atoms with Gasteiger partial charge in [0.15, 0.2) is 15.9 Å². The Balaban J connectivity index is 1.61. The molecule has 3 rings (SSSR count). The first kappa shape index (κ1) is 17.4. The van der Waals surface area contributed by atoms with Crippen molar-refractivity contribution < 1.29 is 14.3 Å². The van der Waals surface area contributed by atoms with Crippen LogP contribution in [-0.2, 0) is 0 Å². The third-order valence-corrected chi connectivity index (χ3v) is 5.33. The number of hydrogen-bond donors (Lipinski definition) is 0. The number of methoxy groups -OCH3 is 2. The number of benzene rings is 2. The van der Waals surface area contributed by atoms with Gasteiger partial charge in [-0.15, -0.1) is 0 Å². The summed E-state index contributed by atoms with van der Waals surface area (Å²) in [5, 5.41) is 0. The van der Waals surface area contributed by atoms with Crippen LogP contribution in [0, 0.1) is 0 Å². The first-order valence-electron chi connectivity index (χ1n) is 7.48. The second kappa shape index (κ2) is 8.13. The Morgan fingerprint density at radius 1 is 1.00 bits per heavy atom. The number of rotatable bonds is 7. The van der Waals surface area contributed by atoms with Gasteiger partial charge in [-0.1, -0.05) is 11.8 Å². The maximum Gasteiger partial charge on any atom is 0.174 e. The Hall–Kier alpha value is -2.38. The van der Waals surface area contributed by atoms with E-state index in [2.05, 4.69) is 9.36 Å². The molecule has 0 saturated heterocycles. The smallest absolute Gasteiger partial charge is 0.174 e. The molecule has 0 amide bonds. The van der Waals surface area contributed by atoms with E-state index in [1.807, 2.05) is 24.3 Å². The van der Waals surface area contributed by atoms with E-state index in [-0.39, 0.29) is 5.78 Å². The van der Waals surface area contributed by atoms with Crippen LogP contribution in [0.15, 0.2) is 52.9 Å². The van der Waals surface area contributed by atoms with Gasteiger partial charge < -0.3 is 9.47 Å². The molecule has 0 saturated carbocycles. The fourth-order valence-electron chi connectivity index (χ4n) is 2.11. The standard InChI is InChI=1S/C18H16N2O3S2/c1-22-14-7-3-12(4-8-14)16(21)11-24-18-19-17(20-25-18)13-5-9-15(23-2)10-6-13/h3-10H,11H2,1-2H3. The normalized spacial score (nSPS) is 10.5. The van der Waals surface area contributed by atoms with Gasteiger partial charge in [-0.2, -0.15) is 4.37 Å². The molecule has 128 valence electrons. The molecule has 0 spiro atoms. The molecule has 0 atom stereocenters. The van der Waals surface area contributed by atoms with Gasteiger partial charge in [-0.3, -0.25) is 4.79 Å². The number of thioether (sulfide) groups is 1. The van der Waals surface area contributed by atoms with Crippen molar-refractivity contribution in [2.24, 2.45) is 0 Å². The fraction of sp³-hybridized carbons (Fsp3) is 0.167. The van der Waals surface area contributed by atoms with Crippen molar-refractivity contribution in [1.82, 2.24) is 9.36 Å². The number of carbonyl (C=O) groups excluding carboxylic acids is 1. The van der Waals surface area contributed by atoms with Crippen LogP contribution >= 0.6 is 23.3 Å². The van der Waals surface area contributed by atoms with E-state index in [9.17, 15) is 4.79 Å². The predicted octanol–water partition coefficient (Wildman–Crippen LogP) is 4.20. The molecule has 2 aromatic carbocycles. The lowest BCUT2D eigenvalue weighted by molar-refractivity contribution is 0.102. The molecule has 1 heterocycles. The summed E-state index contributed by atoms with van der Waals surface area (Å²) in [4.78, 5) is 16.7. The lowest BCUT2D eigenvalue weighted by atomic mass is 10.1. The average Bonchev–Trinajstić information content (AvgIpc) is 3.15. The number of ether oxygens (including phenoxy) is 2. The maximum absolute atomic E-state index is 12.2. The van der Waals surface area contributed by atoms with Crippen LogP contribution in [0.2, 0.25) is 0 Å². The monoisotopic (exact) mass is 372 g/mol. The highest BCUT2D eigenvalue weighted by atomic mass is 32.2. The SMILES string of the molecule is COc1ccc(C(=O)CSc2nc(-c3ccc(OC)cc3)ns2)cc1. The lowest BCUT2D eigenvalue weighted by Crippen LogP contribution is -2.02. The van der Waals surface area contributed by atoms with Crippen LogP contribution in [0.4, 0.5) is 0 Å². The Morgan fingerprint density at radius 2 is 1.60 bits per heavy atom. The van der Waals surface area contributed by atoms with E-state index in [1.54, 1.807) is 38.5 Å². The first-order chi connectivity index (χ1) is 12.2. The van der Waals surface area contributed by atoms with E-state index in [1.165, 1.54) is 23.3 Å². The molecule has 3 aromatic rings. The largest absolute Gasteiger partial charge is 0.497 e. The number of carbonyl (C=O) groups is 1. The van der Waals surface area contributed by atoms with Crippen LogP contribution < -0.4 is 9.47 Å². The van der Waals surface area contributed by atoms with Gasteiger partial charge in [0.1, 0.15) is 11.5 Å². The van der Waals surface area contributed by atoms with Crippen molar-refractivity contribution in [2.75, 3.05) is 20.0 Å². The number of Topliss-reactive ketones (excluding diaryl/α,β-unsaturated/α-hetero) is 1. The summed E-state index contributed by atoms with van der Waals surface area (Å²) in [7, 11) is 3.23. The van der Waals surface area contributed by atoms with Crippen molar-refractivity contribution in [1.29, 1.82) is 0 Å². The minimum Gasteiger partial charge on any atom is -0.497 e. The molecule has 0 aliphatic rings. The third-order valence-electron chi connectivity index (χ3n) is 3.49. The highest BCUT2D eigenvalue weighted by molar-refractivity contribution is 8.01. The summed E-state index contributed by atoms with van der Waals surface area (Å²) in [5.41, 5.74) is 1.58. The van der Waals surface area contributed by atoms with Crippen molar-refractivity contribution >= 4 is 29.1 Å². The summed E-state index contributed by atoms with van der Waals surface area (Å²) in [6.07, 6.45) is 0. The van der Waals surface area contributed by atoms with Crippen molar-refractivity contribution in [3.05, 3.63) is 54.1 Å². The van der Waals surface area contributed by atoms with E-state index in [4.69, 9.17) is 9.47 Å². The first-order valence-corrected chi connectivity index (χ1v) is 9.23. The summed E-state index contributed by atoms with van der Waals surface area (Å²) in [6.45, 7) is 0. The zero-order valence-corrected chi connectivity index (χ0v) is 15.4. The summed E-state index contributed by atoms with van der Waals surface area (Å²) in [5.74, 6) is 2.56. The fourth-order valence-corrected chi connectivity index (χ4v) is 3.62. The minimum atomic E-state index is 0.0499. The molecule has 0 fully saturated rings. The van der Waals surface area contributed by atoms with Crippen LogP contribution in [0.5, 0.6) is 11.5 Å². The zero-order chi connectivity index (χ0) is 17.6. The van der Waals surface area contributed by atoms with Gasteiger partial charge in [0, 0.05) is 11.1 Å². The van der Waals surface area contributed by atoms with Crippen LogP contribution in [0.25, 0.3) is 11.4 Å². The topological polar surface area (TPSA) is 61.3 Å². The molecule has 0 unspecified atom stereocenters. The van der Waals surface area contributed by atoms with Gasteiger partial charge in [0.05, 0.1) is 20.0 Å². The highest BCUT2D eigenvalue weighted by Gasteiger charge is 2.11. The zero-order valence-electron chi connectivity index (χ0n) is 13.8. The third kappa shape index (κ3) is 4.37. The number of nitrogens with zero attached hydrogens (tertiary/aromatic N) is 2. The summed E-state index contributed by atoms with van der Waals surface area (Å²) < 4.78 is 15.4. The highest BCUT2D eigenvalue weighted by Crippen LogP contribution is 2.27. The van der Waals surface area contributed by atoms with Gasteiger partial charge in [0.25, 0.3) is 0 Å². The van der Waals surface area contributed by atoms with E-state index in [0.29, 0.717) is 17.1 Å². The molecule has 0 radical (unpaired) electrons. The van der Waals surface area contributed by atoms with Crippen LogP contribution in [0.3, 0.4) is 0 Å². The lowest BCUT2D eigenvalue weighted by Gasteiger charge is -2.02. The van der Waals surface area contributed by atoms with E-state index >= 15 is 0 Å². The average molecular weight is 372 g/mol. The molecule has 1 aromatic heterocycles. The number of ketones is 1. The summed E-state index contributed by atoms with van der Waals surface area (Å²) >= 11 is 2.69.